The summed E-state index contributed by atoms with van der Waals surface area (Å²) in [6.45, 7) is 1.07. The first-order valence-electron chi connectivity index (χ1n) is 4.89. The summed E-state index contributed by atoms with van der Waals surface area (Å²) in [6, 6.07) is 7.84. The number of nitrogens with zero attached hydrogens (tertiary/aromatic N) is 2. The fraction of sp³-hybridized carbons (Fsp3) is 0.182. The molecule has 2 heterocycles. The third-order valence-corrected chi connectivity index (χ3v) is 3.48. The number of thioether (sulfide) groups is 1. The Hall–Kier alpha value is -0.840. The molecular weight excluding hydrogens is 277 g/mol. The van der Waals surface area contributed by atoms with Gasteiger partial charge in [-0.25, -0.2) is 4.98 Å². The number of hydrogen-bond acceptors (Lipinski definition) is 3. The zero-order valence-corrected chi connectivity index (χ0v) is 11.4. The van der Waals surface area contributed by atoms with E-state index in [0.717, 1.165) is 34.4 Å². The molecule has 17 heavy (non-hydrogen) atoms. The third kappa shape index (κ3) is 2.70. The van der Waals surface area contributed by atoms with Gasteiger partial charge < -0.3 is 10.3 Å². The number of benzene rings is 1. The lowest BCUT2D eigenvalue weighted by Crippen LogP contribution is -1.89. The predicted octanol–water partition coefficient (Wildman–Crippen LogP) is 3.08. The molecule has 0 amide bonds. The molecule has 0 atom stereocenters. The van der Waals surface area contributed by atoms with Gasteiger partial charge in [-0.15, -0.1) is 24.8 Å². The van der Waals surface area contributed by atoms with E-state index >= 15 is 0 Å². The Morgan fingerprint density at radius 3 is 2.53 bits per heavy atom. The highest BCUT2D eigenvalue weighted by Gasteiger charge is 2.14. The van der Waals surface area contributed by atoms with Gasteiger partial charge in [0.15, 0.2) is 5.16 Å². The molecule has 0 aliphatic carbocycles. The van der Waals surface area contributed by atoms with Crippen LogP contribution in [0.3, 0.4) is 0 Å². The van der Waals surface area contributed by atoms with E-state index in [1.54, 1.807) is 0 Å². The van der Waals surface area contributed by atoms with Gasteiger partial charge >= 0.3 is 0 Å². The number of anilines is 1. The molecule has 2 N–H and O–H groups in total. The molecule has 2 aromatic rings. The van der Waals surface area contributed by atoms with Crippen LogP contribution in [0.25, 0.3) is 11.3 Å². The lowest BCUT2D eigenvalue weighted by Gasteiger charge is -1.97. The topological polar surface area (TPSA) is 43.8 Å². The Bertz CT molecular complexity index is 474. The van der Waals surface area contributed by atoms with Crippen LogP contribution in [-0.2, 0) is 6.54 Å². The summed E-state index contributed by atoms with van der Waals surface area (Å²) in [5.41, 5.74) is 8.61. The van der Waals surface area contributed by atoms with Crippen molar-refractivity contribution in [2.24, 2.45) is 0 Å². The lowest BCUT2D eigenvalue weighted by molar-refractivity contribution is 0.719. The van der Waals surface area contributed by atoms with E-state index < -0.39 is 0 Å². The van der Waals surface area contributed by atoms with Crippen LogP contribution in [0.2, 0.25) is 0 Å². The molecule has 0 radical (unpaired) electrons. The van der Waals surface area contributed by atoms with Crippen molar-refractivity contribution in [1.82, 2.24) is 9.55 Å². The summed E-state index contributed by atoms with van der Waals surface area (Å²) in [4.78, 5) is 4.58. The van der Waals surface area contributed by atoms with Gasteiger partial charge in [0.2, 0.25) is 0 Å². The molecule has 6 heteroatoms. The first-order chi connectivity index (χ1) is 7.33. The molecule has 1 aromatic carbocycles. The summed E-state index contributed by atoms with van der Waals surface area (Å²) >= 11 is 1.81. The van der Waals surface area contributed by atoms with Crippen LogP contribution in [0.4, 0.5) is 5.69 Å². The molecule has 3 nitrogen and oxygen atoms in total. The van der Waals surface area contributed by atoms with Crippen molar-refractivity contribution in [3.05, 3.63) is 30.5 Å². The van der Waals surface area contributed by atoms with Crippen LogP contribution in [-0.4, -0.2) is 15.3 Å². The lowest BCUT2D eigenvalue weighted by atomic mass is 10.1. The molecule has 0 saturated carbocycles. The van der Waals surface area contributed by atoms with Crippen molar-refractivity contribution in [2.45, 2.75) is 11.7 Å². The highest BCUT2D eigenvalue weighted by Crippen LogP contribution is 2.29. The molecule has 3 rings (SSSR count). The second-order valence-corrected chi connectivity index (χ2v) is 4.63. The Morgan fingerprint density at radius 2 is 1.88 bits per heavy atom. The van der Waals surface area contributed by atoms with Crippen LogP contribution < -0.4 is 5.73 Å². The Labute approximate surface area is 117 Å². The minimum atomic E-state index is 0. The molecular formula is C11H13Cl2N3S. The molecule has 1 aliphatic heterocycles. The average Bonchev–Trinajstić information content (AvgIpc) is 2.78. The molecule has 0 fully saturated rings. The minimum Gasteiger partial charge on any atom is -0.399 e. The number of hydrogen-bond donors (Lipinski definition) is 1. The van der Waals surface area contributed by atoms with Crippen molar-refractivity contribution in [2.75, 3.05) is 11.5 Å². The zero-order chi connectivity index (χ0) is 10.3. The van der Waals surface area contributed by atoms with Gasteiger partial charge in [-0.1, -0.05) is 23.9 Å². The maximum atomic E-state index is 5.65. The van der Waals surface area contributed by atoms with E-state index in [1.165, 1.54) is 0 Å². The molecule has 0 bridgehead atoms. The summed E-state index contributed by atoms with van der Waals surface area (Å²) in [5.74, 6) is 1.14. The molecule has 1 aromatic heterocycles. The zero-order valence-electron chi connectivity index (χ0n) is 9.00. The van der Waals surface area contributed by atoms with Crippen molar-refractivity contribution in [3.8, 4) is 11.3 Å². The van der Waals surface area contributed by atoms with Gasteiger partial charge in [0, 0.05) is 29.7 Å². The first-order valence-corrected chi connectivity index (χ1v) is 5.87. The van der Waals surface area contributed by atoms with Crippen LogP contribution in [0.1, 0.15) is 0 Å². The van der Waals surface area contributed by atoms with Crippen LogP contribution in [0, 0.1) is 0 Å². The number of nitrogen functional groups attached to an aromatic ring is 1. The summed E-state index contributed by atoms with van der Waals surface area (Å²) in [5, 5.41) is 1.13. The number of imidazole rings is 1. The van der Waals surface area contributed by atoms with Crippen molar-refractivity contribution < 1.29 is 0 Å². The SMILES string of the molecule is Cl.Cl.Nc1ccc(-c2cn3c(n2)SCC3)cc1. The van der Waals surface area contributed by atoms with E-state index in [0.29, 0.717) is 0 Å². The number of fused-ring (bicyclic) bond motifs is 1. The number of aromatic nitrogens is 2. The van der Waals surface area contributed by atoms with E-state index in [2.05, 4.69) is 15.7 Å². The fourth-order valence-electron chi connectivity index (χ4n) is 1.70. The summed E-state index contributed by atoms with van der Waals surface area (Å²) < 4.78 is 2.20. The van der Waals surface area contributed by atoms with Gasteiger partial charge in [0.1, 0.15) is 0 Å². The first kappa shape index (κ1) is 14.2. The Kier molecular flexibility index (Phi) is 4.74. The van der Waals surface area contributed by atoms with Gasteiger partial charge in [-0.05, 0) is 12.1 Å². The molecule has 92 valence electrons. The van der Waals surface area contributed by atoms with Crippen LogP contribution >= 0.6 is 36.6 Å². The number of aryl methyl sites for hydroxylation is 1. The minimum absolute atomic E-state index is 0. The van der Waals surface area contributed by atoms with Crippen LogP contribution in [0.5, 0.6) is 0 Å². The number of rotatable bonds is 1. The van der Waals surface area contributed by atoms with Gasteiger partial charge in [-0.3, -0.25) is 0 Å². The number of halogens is 2. The van der Waals surface area contributed by atoms with E-state index in [-0.39, 0.29) is 24.8 Å². The van der Waals surface area contributed by atoms with Crippen molar-refractivity contribution >= 4 is 42.3 Å². The molecule has 0 saturated heterocycles. The highest BCUT2D eigenvalue weighted by molar-refractivity contribution is 7.99. The Morgan fingerprint density at radius 1 is 1.18 bits per heavy atom. The highest BCUT2D eigenvalue weighted by atomic mass is 35.5. The quantitative estimate of drug-likeness (QED) is 0.821. The fourth-order valence-corrected chi connectivity index (χ4v) is 2.65. The van der Waals surface area contributed by atoms with Gasteiger partial charge in [0.25, 0.3) is 0 Å². The average molecular weight is 290 g/mol. The normalized spacial score (nSPS) is 12.5. The Balaban J connectivity index is 0.000000722. The van der Waals surface area contributed by atoms with Gasteiger partial charge in [0.05, 0.1) is 5.69 Å². The summed E-state index contributed by atoms with van der Waals surface area (Å²) in [6.07, 6.45) is 2.11. The second kappa shape index (κ2) is 5.67. The molecule has 1 aliphatic rings. The van der Waals surface area contributed by atoms with Gasteiger partial charge in [-0.2, -0.15) is 0 Å². The summed E-state index contributed by atoms with van der Waals surface area (Å²) in [7, 11) is 0. The van der Waals surface area contributed by atoms with Crippen molar-refractivity contribution in [3.63, 3.8) is 0 Å². The number of nitrogens with two attached hydrogens (primary N) is 1. The largest absolute Gasteiger partial charge is 0.399 e. The predicted molar refractivity (Wildman–Crippen MR) is 77.3 cm³/mol. The van der Waals surface area contributed by atoms with Crippen LogP contribution in [0.15, 0.2) is 35.6 Å². The standard InChI is InChI=1S/C11H11N3S.2ClH/c12-9-3-1-8(2-4-9)10-7-14-5-6-15-11(14)13-10;;/h1-4,7H,5-6,12H2;2*1H. The second-order valence-electron chi connectivity index (χ2n) is 3.57. The monoisotopic (exact) mass is 289 g/mol. The maximum absolute atomic E-state index is 5.65. The van der Waals surface area contributed by atoms with E-state index in [9.17, 15) is 0 Å². The van der Waals surface area contributed by atoms with E-state index in [4.69, 9.17) is 5.73 Å². The van der Waals surface area contributed by atoms with E-state index in [1.807, 2.05) is 36.0 Å². The smallest absolute Gasteiger partial charge is 0.168 e. The van der Waals surface area contributed by atoms with Crippen molar-refractivity contribution in [1.29, 1.82) is 0 Å². The third-order valence-electron chi connectivity index (χ3n) is 2.51. The molecule has 0 unspecified atom stereocenters. The maximum Gasteiger partial charge on any atom is 0.168 e. The molecule has 0 spiro atoms.